The largest absolute Gasteiger partial charge is 0.498 e. The summed E-state index contributed by atoms with van der Waals surface area (Å²) in [5.41, 5.74) is -0.604. The Balaban J connectivity index is 0.000000450. The lowest BCUT2D eigenvalue weighted by molar-refractivity contribution is -0.209. The number of hydrogen-bond donors (Lipinski definition) is 0. The Hall–Kier alpha value is -2.49. The fourth-order valence-electron chi connectivity index (χ4n) is 1.67. The number of alkyl halides is 3. The molecule has 0 unspecified atom stereocenters. The van der Waals surface area contributed by atoms with Gasteiger partial charge in [0, 0.05) is 11.6 Å². The van der Waals surface area contributed by atoms with E-state index in [0.29, 0.717) is 11.3 Å². The summed E-state index contributed by atoms with van der Waals surface area (Å²) in [6, 6.07) is 4.47. The Morgan fingerprint density at radius 2 is 1.84 bits per heavy atom. The summed E-state index contributed by atoms with van der Waals surface area (Å²) in [6.07, 6.45) is -5.11. The van der Waals surface area contributed by atoms with Gasteiger partial charge in [0.05, 0.1) is 12.3 Å². The summed E-state index contributed by atoms with van der Waals surface area (Å²) < 4.78 is 45.4. The second kappa shape index (κ2) is 8.06. The SMILES string of the molecule is CCOC(=O)Cl.Cc1ccc(-n2oc(=O)n(C(F)(F)F)c2=O)cc1C. The lowest BCUT2D eigenvalue weighted by Gasteiger charge is -2.03. The van der Waals surface area contributed by atoms with Crippen molar-refractivity contribution in [2.75, 3.05) is 6.61 Å². The number of ether oxygens (including phenoxy) is 1. The number of aromatic nitrogens is 2. The van der Waals surface area contributed by atoms with E-state index in [-0.39, 0.29) is 5.69 Å². The van der Waals surface area contributed by atoms with E-state index in [4.69, 9.17) is 11.6 Å². The molecule has 0 atom stereocenters. The minimum atomic E-state index is -5.11. The summed E-state index contributed by atoms with van der Waals surface area (Å²) >= 11 is 4.72. The van der Waals surface area contributed by atoms with Crippen LogP contribution in [0.3, 0.4) is 0 Å². The van der Waals surface area contributed by atoms with Gasteiger partial charge in [-0.3, -0.25) is 0 Å². The molecule has 11 heteroatoms. The van der Waals surface area contributed by atoms with Crippen LogP contribution in [0.2, 0.25) is 0 Å². The van der Waals surface area contributed by atoms with Crippen molar-refractivity contribution in [1.29, 1.82) is 0 Å². The quantitative estimate of drug-likeness (QED) is 0.745. The molecule has 0 aliphatic heterocycles. The zero-order chi connectivity index (χ0) is 19.4. The summed E-state index contributed by atoms with van der Waals surface area (Å²) in [6.45, 7) is 5.57. The molecule has 0 N–H and O–H groups in total. The first-order chi connectivity index (χ1) is 11.5. The Labute approximate surface area is 144 Å². The fraction of sp³-hybridized carbons (Fsp3) is 0.357. The molecule has 2 rings (SSSR count). The lowest BCUT2D eigenvalue weighted by Crippen LogP contribution is -2.37. The summed E-state index contributed by atoms with van der Waals surface area (Å²) in [5, 5.41) is 0. The summed E-state index contributed by atoms with van der Waals surface area (Å²) in [5.74, 6) is -1.77. The third-order valence-corrected chi connectivity index (χ3v) is 3.06. The zero-order valence-electron chi connectivity index (χ0n) is 13.4. The molecule has 0 saturated carbocycles. The van der Waals surface area contributed by atoms with E-state index in [9.17, 15) is 27.6 Å². The second-order valence-corrected chi connectivity index (χ2v) is 4.99. The Kier molecular flexibility index (Phi) is 6.63. The fourth-order valence-corrected chi connectivity index (χ4v) is 1.78. The van der Waals surface area contributed by atoms with Crippen molar-refractivity contribution in [2.45, 2.75) is 27.1 Å². The molecule has 0 bridgehead atoms. The maximum atomic E-state index is 12.5. The maximum Gasteiger partial charge on any atom is 0.498 e. The first-order valence-corrected chi connectivity index (χ1v) is 7.19. The minimum absolute atomic E-state index is 0.0631. The van der Waals surface area contributed by atoms with E-state index in [0.717, 1.165) is 11.1 Å². The van der Waals surface area contributed by atoms with Gasteiger partial charge < -0.3 is 9.26 Å². The van der Waals surface area contributed by atoms with Gasteiger partial charge in [-0.2, -0.15) is 0 Å². The number of aryl methyl sites for hydroxylation is 2. The molecule has 1 aromatic carbocycles. The van der Waals surface area contributed by atoms with Crippen molar-refractivity contribution >= 4 is 17.0 Å². The highest BCUT2D eigenvalue weighted by Gasteiger charge is 2.38. The zero-order valence-corrected chi connectivity index (χ0v) is 14.1. The van der Waals surface area contributed by atoms with E-state index in [1.165, 1.54) is 12.1 Å². The average molecular weight is 383 g/mol. The molecule has 0 spiro atoms. The normalized spacial score (nSPS) is 10.8. The number of benzene rings is 1. The van der Waals surface area contributed by atoms with Crippen LogP contribution in [0.15, 0.2) is 32.3 Å². The van der Waals surface area contributed by atoms with Crippen LogP contribution in [-0.2, 0) is 11.0 Å². The van der Waals surface area contributed by atoms with Gasteiger partial charge in [0.1, 0.15) is 0 Å². The van der Waals surface area contributed by atoms with Crippen LogP contribution in [0, 0.1) is 13.8 Å². The molecule has 0 radical (unpaired) electrons. The molecule has 1 heterocycles. The van der Waals surface area contributed by atoms with Gasteiger partial charge in [0.25, 0.3) is 0 Å². The topological polar surface area (TPSA) is 83.4 Å². The highest BCUT2D eigenvalue weighted by Crippen LogP contribution is 2.18. The van der Waals surface area contributed by atoms with Gasteiger partial charge >= 0.3 is 23.2 Å². The number of hydrogen-bond acceptors (Lipinski definition) is 5. The van der Waals surface area contributed by atoms with Gasteiger partial charge in [0.2, 0.25) is 0 Å². The van der Waals surface area contributed by atoms with Crippen molar-refractivity contribution in [2.24, 2.45) is 0 Å². The third-order valence-electron chi connectivity index (χ3n) is 2.95. The van der Waals surface area contributed by atoms with E-state index in [1.807, 2.05) is 0 Å². The Morgan fingerprint density at radius 3 is 2.20 bits per heavy atom. The average Bonchev–Trinajstić information content (AvgIpc) is 2.77. The Bertz CT molecular complexity index is 867. The van der Waals surface area contributed by atoms with Crippen LogP contribution >= 0.6 is 11.6 Å². The van der Waals surface area contributed by atoms with Gasteiger partial charge in [-0.1, -0.05) is 6.07 Å². The first kappa shape index (κ1) is 20.6. The maximum absolute atomic E-state index is 12.5. The van der Waals surface area contributed by atoms with Gasteiger partial charge in [0.15, 0.2) is 0 Å². The van der Waals surface area contributed by atoms with E-state index >= 15 is 0 Å². The van der Waals surface area contributed by atoms with Gasteiger partial charge in [-0.05, 0) is 44.0 Å². The molecule has 2 aromatic rings. The van der Waals surface area contributed by atoms with Crippen LogP contribution < -0.4 is 11.4 Å². The van der Waals surface area contributed by atoms with Gasteiger partial charge in [-0.25, -0.2) is 14.4 Å². The first-order valence-electron chi connectivity index (χ1n) is 6.81. The van der Waals surface area contributed by atoms with Crippen molar-refractivity contribution in [3.8, 4) is 5.69 Å². The second-order valence-electron chi connectivity index (χ2n) is 4.68. The monoisotopic (exact) mass is 382 g/mol. The predicted octanol–water partition coefficient (Wildman–Crippen LogP) is 3.07. The number of carbonyl (C=O) groups excluding carboxylic acids is 1. The van der Waals surface area contributed by atoms with Crippen LogP contribution in [0.25, 0.3) is 5.69 Å². The number of rotatable bonds is 2. The van der Waals surface area contributed by atoms with Gasteiger partial charge in [-0.15, -0.1) is 22.5 Å². The molecule has 0 aliphatic rings. The molecule has 1 aromatic heterocycles. The minimum Gasteiger partial charge on any atom is -0.454 e. The molecule has 138 valence electrons. The number of halogens is 4. The van der Waals surface area contributed by atoms with Crippen molar-refractivity contribution in [1.82, 2.24) is 9.31 Å². The van der Waals surface area contributed by atoms with Crippen molar-refractivity contribution < 1.29 is 27.2 Å². The lowest BCUT2D eigenvalue weighted by atomic mass is 10.1. The van der Waals surface area contributed by atoms with Crippen LogP contribution in [0.1, 0.15) is 18.1 Å². The third kappa shape index (κ3) is 5.24. The standard InChI is InChI=1S/C11H9F3N2O3.C3H5ClO2/c1-6-3-4-8(5-7(6)2)16-9(17)15(10(18)19-16)11(12,13)14;1-2-6-3(4)5/h3-5H,1-2H3;2H2,1H3. The van der Waals surface area contributed by atoms with Crippen molar-refractivity contribution in [3.63, 3.8) is 0 Å². The molecule has 0 saturated heterocycles. The van der Waals surface area contributed by atoms with E-state index in [1.54, 1.807) is 26.8 Å². The molecule has 0 amide bonds. The van der Waals surface area contributed by atoms with Crippen LogP contribution in [0.5, 0.6) is 0 Å². The highest BCUT2D eigenvalue weighted by molar-refractivity contribution is 6.61. The van der Waals surface area contributed by atoms with Crippen molar-refractivity contribution in [3.05, 3.63) is 50.4 Å². The smallest absolute Gasteiger partial charge is 0.454 e. The molecule has 0 fully saturated rings. The van der Waals surface area contributed by atoms with Crippen LogP contribution in [-0.4, -0.2) is 21.3 Å². The molecule has 0 aliphatic carbocycles. The molecule has 25 heavy (non-hydrogen) atoms. The highest BCUT2D eigenvalue weighted by atomic mass is 35.5. The van der Waals surface area contributed by atoms with E-state index in [2.05, 4.69) is 9.26 Å². The summed E-state index contributed by atoms with van der Waals surface area (Å²) in [7, 11) is 0. The predicted molar refractivity (Wildman–Crippen MR) is 82.2 cm³/mol. The molecular formula is C14H14ClF3N2O5. The number of nitrogens with zero attached hydrogens (tertiary/aromatic N) is 2. The molecular weight excluding hydrogens is 369 g/mol. The number of carbonyl (C=O) groups is 1. The summed E-state index contributed by atoms with van der Waals surface area (Å²) in [4.78, 5) is 32.2. The Morgan fingerprint density at radius 1 is 1.24 bits per heavy atom. The molecule has 7 nitrogen and oxygen atoms in total. The van der Waals surface area contributed by atoms with E-state index < -0.39 is 27.7 Å². The van der Waals surface area contributed by atoms with Crippen LogP contribution in [0.4, 0.5) is 18.0 Å².